The van der Waals surface area contributed by atoms with Crippen LogP contribution in [0.3, 0.4) is 0 Å². The molecule has 0 saturated carbocycles. The number of carbonyl (C=O) groups is 1. The van der Waals surface area contributed by atoms with Gasteiger partial charge in [0.15, 0.2) is 0 Å². The van der Waals surface area contributed by atoms with Crippen LogP contribution in [-0.2, 0) is 9.53 Å². The molecule has 1 atom stereocenters. The molecule has 0 saturated heterocycles. The zero-order valence-corrected chi connectivity index (χ0v) is 6.88. The highest BCUT2D eigenvalue weighted by atomic mass is 16.5. The molecule has 0 aromatic rings. The highest BCUT2D eigenvalue weighted by Crippen LogP contribution is 2.17. The number of hydrogen-bond donors (Lipinski definition) is 0. The van der Waals surface area contributed by atoms with E-state index in [2.05, 4.69) is 12.2 Å². The van der Waals surface area contributed by atoms with Crippen LogP contribution >= 0.6 is 0 Å². The monoisotopic (exact) mass is 154 g/mol. The van der Waals surface area contributed by atoms with Gasteiger partial charge in [-0.1, -0.05) is 12.2 Å². The van der Waals surface area contributed by atoms with E-state index in [0.717, 1.165) is 19.3 Å². The summed E-state index contributed by atoms with van der Waals surface area (Å²) in [5, 5.41) is 0. The second-order valence-corrected chi connectivity index (χ2v) is 2.95. The van der Waals surface area contributed by atoms with Crippen molar-refractivity contribution < 1.29 is 9.53 Å². The smallest absolute Gasteiger partial charge is 0.302 e. The van der Waals surface area contributed by atoms with Crippen molar-refractivity contribution in [2.24, 2.45) is 5.92 Å². The van der Waals surface area contributed by atoms with E-state index in [0.29, 0.717) is 12.5 Å². The molecule has 0 aromatic heterocycles. The van der Waals surface area contributed by atoms with Crippen LogP contribution in [0.25, 0.3) is 0 Å². The zero-order chi connectivity index (χ0) is 8.10. The highest BCUT2D eigenvalue weighted by molar-refractivity contribution is 5.65. The van der Waals surface area contributed by atoms with E-state index in [4.69, 9.17) is 4.74 Å². The Balaban J connectivity index is 2.16. The number of carbonyl (C=O) groups excluding carboxylic acids is 1. The Hall–Kier alpha value is -0.790. The van der Waals surface area contributed by atoms with Crippen LogP contribution < -0.4 is 0 Å². The van der Waals surface area contributed by atoms with Gasteiger partial charge in [0.1, 0.15) is 0 Å². The molecule has 0 N–H and O–H groups in total. The first kappa shape index (κ1) is 8.31. The van der Waals surface area contributed by atoms with E-state index in [1.165, 1.54) is 6.92 Å². The van der Waals surface area contributed by atoms with Gasteiger partial charge in [0.2, 0.25) is 0 Å². The van der Waals surface area contributed by atoms with E-state index in [1.54, 1.807) is 0 Å². The third-order valence-corrected chi connectivity index (χ3v) is 1.90. The molecule has 62 valence electrons. The summed E-state index contributed by atoms with van der Waals surface area (Å²) >= 11 is 0. The van der Waals surface area contributed by atoms with Gasteiger partial charge in [0.05, 0.1) is 6.61 Å². The summed E-state index contributed by atoms with van der Waals surface area (Å²) in [5.74, 6) is 0.392. The molecule has 0 unspecified atom stereocenters. The van der Waals surface area contributed by atoms with Gasteiger partial charge in [-0.15, -0.1) is 0 Å². The number of allylic oxidation sites excluding steroid dienone is 2. The molecule has 0 fully saturated rings. The average Bonchev–Trinajstić information content (AvgIpc) is 2.03. The third-order valence-electron chi connectivity index (χ3n) is 1.90. The molecule has 0 spiro atoms. The number of rotatable bonds is 2. The molecular formula is C9H14O2. The van der Waals surface area contributed by atoms with Gasteiger partial charge < -0.3 is 4.74 Å². The van der Waals surface area contributed by atoms with Crippen molar-refractivity contribution in [1.29, 1.82) is 0 Å². The molecule has 0 aromatic carbocycles. The molecule has 1 aliphatic rings. The Morgan fingerprint density at radius 3 is 3.00 bits per heavy atom. The van der Waals surface area contributed by atoms with Crippen molar-refractivity contribution in [3.05, 3.63) is 12.2 Å². The predicted octanol–water partition coefficient (Wildman–Crippen LogP) is 1.91. The lowest BCUT2D eigenvalue weighted by atomic mass is 9.95. The summed E-state index contributed by atoms with van der Waals surface area (Å²) in [4.78, 5) is 10.4. The fraction of sp³-hybridized carbons (Fsp3) is 0.667. The zero-order valence-electron chi connectivity index (χ0n) is 6.88. The number of ether oxygens (including phenoxy) is 1. The van der Waals surface area contributed by atoms with Crippen molar-refractivity contribution in [1.82, 2.24) is 0 Å². The predicted molar refractivity (Wildman–Crippen MR) is 43.1 cm³/mol. The Morgan fingerprint density at radius 1 is 1.64 bits per heavy atom. The minimum atomic E-state index is -0.167. The summed E-state index contributed by atoms with van der Waals surface area (Å²) in [6, 6.07) is 0. The maximum atomic E-state index is 10.4. The normalized spacial score (nSPS) is 23.2. The van der Waals surface area contributed by atoms with Gasteiger partial charge in [0, 0.05) is 6.92 Å². The van der Waals surface area contributed by atoms with Gasteiger partial charge in [-0.25, -0.2) is 0 Å². The summed E-state index contributed by atoms with van der Waals surface area (Å²) in [5.41, 5.74) is 0. The summed E-state index contributed by atoms with van der Waals surface area (Å²) in [6.45, 7) is 2.05. The lowest BCUT2D eigenvalue weighted by Gasteiger charge is -2.16. The van der Waals surface area contributed by atoms with Crippen LogP contribution in [0.2, 0.25) is 0 Å². The molecule has 2 heteroatoms. The van der Waals surface area contributed by atoms with E-state index in [1.807, 2.05) is 0 Å². The second kappa shape index (κ2) is 4.16. The van der Waals surface area contributed by atoms with Crippen LogP contribution in [0.1, 0.15) is 26.2 Å². The molecular weight excluding hydrogens is 140 g/mol. The highest BCUT2D eigenvalue weighted by Gasteiger charge is 2.10. The van der Waals surface area contributed by atoms with E-state index >= 15 is 0 Å². The molecule has 0 aliphatic heterocycles. The van der Waals surface area contributed by atoms with Gasteiger partial charge >= 0.3 is 5.97 Å². The third kappa shape index (κ3) is 3.21. The van der Waals surface area contributed by atoms with Crippen LogP contribution in [0.15, 0.2) is 12.2 Å². The Morgan fingerprint density at radius 2 is 2.45 bits per heavy atom. The molecule has 2 nitrogen and oxygen atoms in total. The minimum absolute atomic E-state index is 0.167. The van der Waals surface area contributed by atoms with Gasteiger partial charge in [-0.05, 0) is 25.2 Å². The molecule has 1 aliphatic carbocycles. The molecule has 0 heterocycles. The van der Waals surface area contributed by atoms with Crippen LogP contribution in [-0.4, -0.2) is 12.6 Å². The van der Waals surface area contributed by atoms with Crippen LogP contribution in [0.5, 0.6) is 0 Å². The summed E-state index contributed by atoms with van der Waals surface area (Å²) < 4.78 is 4.91. The Labute approximate surface area is 67.2 Å². The fourth-order valence-electron chi connectivity index (χ4n) is 1.24. The first-order valence-corrected chi connectivity index (χ1v) is 4.07. The van der Waals surface area contributed by atoms with Crippen molar-refractivity contribution in [3.63, 3.8) is 0 Å². The van der Waals surface area contributed by atoms with Crippen LogP contribution in [0, 0.1) is 5.92 Å². The van der Waals surface area contributed by atoms with E-state index in [9.17, 15) is 4.79 Å². The maximum absolute atomic E-state index is 10.4. The maximum Gasteiger partial charge on any atom is 0.302 e. The molecule has 1 rings (SSSR count). The first-order valence-electron chi connectivity index (χ1n) is 4.07. The SMILES string of the molecule is CC(=O)OC[C@@H]1CC=CCC1. The van der Waals surface area contributed by atoms with Crippen molar-refractivity contribution in [2.75, 3.05) is 6.61 Å². The van der Waals surface area contributed by atoms with Gasteiger partial charge in [0.25, 0.3) is 0 Å². The second-order valence-electron chi connectivity index (χ2n) is 2.95. The molecule has 0 amide bonds. The quantitative estimate of drug-likeness (QED) is 0.448. The number of hydrogen-bond acceptors (Lipinski definition) is 2. The summed E-state index contributed by atoms with van der Waals surface area (Å²) in [6.07, 6.45) is 7.70. The van der Waals surface area contributed by atoms with Gasteiger partial charge in [-0.2, -0.15) is 0 Å². The number of esters is 1. The average molecular weight is 154 g/mol. The largest absolute Gasteiger partial charge is 0.466 e. The Bertz CT molecular complexity index is 161. The van der Waals surface area contributed by atoms with Crippen molar-refractivity contribution >= 4 is 5.97 Å². The van der Waals surface area contributed by atoms with Crippen molar-refractivity contribution in [3.8, 4) is 0 Å². The van der Waals surface area contributed by atoms with Crippen molar-refractivity contribution in [2.45, 2.75) is 26.2 Å². The van der Waals surface area contributed by atoms with E-state index < -0.39 is 0 Å². The lowest BCUT2D eigenvalue weighted by Crippen LogP contribution is -2.13. The van der Waals surface area contributed by atoms with Crippen LogP contribution in [0.4, 0.5) is 0 Å². The topological polar surface area (TPSA) is 26.3 Å². The first-order chi connectivity index (χ1) is 5.29. The van der Waals surface area contributed by atoms with Gasteiger partial charge in [-0.3, -0.25) is 4.79 Å². The van der Waals surface area contributed by atoms with E-state index in [-0.39, 0.29) is 5.97 Å². The lowest BCUT2D eigenvalue weighted by molar-refractivity contribution is -0.142. The standard InChI is InChI=1S/C9H14O2/c1-8(10)11-7-9-5-3-2-4-6-9/h2-3,9H,4-7H2,1H3/t9-/m1/s1. The molecule has 0 bridgehead atoms. The summed E-state index contributed by atoms with van der Waals surface area (Å²) in [7, 11) is 0. The fourth-order valence-corrected chi connectivity index (χ4v) is 1.24. The minimum Gasteiger partial charge on any atom is -0.466 e. The molecule has 11 heavy (non-hydrogen) atoms. The molecule has 0 radical (unpaired) electrons. The Kier molecular flexibility index (Phi) is 3.14.